The molecule has 1 aromatic heterocycles. The molecule has 0 radical (unpaired) electrons. The van der Waals surface area contributed by atoms with Crippen LogP contribution in [0.25, 0.3) is 0 Å². The first-order valence-electron chi connectivity index (χ1n) is 11.6. The van der Waals surface area contributed by atoms with Gasteiger partial charge >= 0.3 is 0 Å². The monoisotopic (exact) mass is 533 g/mol. The minimum absolute atomic E-state index is 0.171. The number of carbonyl (C=O) groups is 2. The Morgan fingerprint density at radius 2 is 1.51 bits per heavy atom. The molecule has 1 atom stereocenters. The molecule has 3 aromatic carbocycles. The van der Waals surface area contributed by atoms with Crippen LogP contribution in [0.15, 0.2) is 103 Å². The minimum Gasteiger partial charge on any atom is -0.482 e. The third-order valence-corrected chi connectivity index (χ3v) is 6.23. The molecule has 0 bridgehead atoms. The molecule has 6 nitrogen and oxygen atoms in total. The summed E-state index contributed by atoms with van der Waals surface area (Å²) in [5, 5.41) is 3.95. The van der Waals surface area contributed by atoms with Gasteiger partial charge in [0.1, 0.15) is 11.8 Å². The molecule has 188 valence electrons. The van der Waals surface area contributed by atoms with E-state index in [2.05, 4.69) is 10.3 Å². The topological polar surface area (TPSA) is 71.5 Å². The zero-order valence-electron chi connectivity index (χ0n) is 19.9. The van der Waals surface area contributed by atoms with Crippen LogP contribution in [0.1, 0.15) is 22.7 Å². The number of amides is 2. The largest absolute Gasteiger partial charge is 0.482 e. The highest BCUT2D eigenvalue weighted by molar-refractivity contribution is 6.32. The number of rotatable bonds is 10. The van der Waals surface area contributed by atoms with Crippen molar-refractivity contribution in [3.8, 4) is 5.75 Å². The van der Waals surface area contributed by atoms with E-state index in [1.54, 1.807) is 48.8 Å². The number of benzene rings is 3. The van der Waals surface area contributed by atoms with Gasteiger partial charge in [-0.2, -0.15) is 0 Å². The second-order valence-electron chi connectivity index (χ2n) is 8.25. The van der Waals surface area contributed by atoms with Crippen molar-refractivity contribution in [2.24, 2.45) is 0 Å². The number of halogens is 2. The van der Waals surface area contributed by atoms with Gasteiger partial charge in [-0.25, -0.2) is 0 Å². The minimum atomic E-state index is -0.902. The van der Waals surface area contributed by atoms with Crippen LogP contribution in [0.5, 0.6) is 5.75 Å². The molecule has 0 saturated carbocycles. The summed E-state index contributed by atoms with van der Waals surface area (Å²) in [6.07, 6.45) is 3.33. The molecule has 8 heteroatoms. The average Bonchev–Trinajstić information content (AvgIpc) is 2.93. The Morgan fingerprint density at radius 3 is 2.22 bits per heavy atom. The Bertz CT molecular complexity index is 1320. The van der Waals surface area contributed by atoms with Crippen LogP contribution < -0.4 is 10.1 Å². The molecule has 0 saturated heterocycles. The number of para-hydroxylation sites is 1. The quantitative estimate of drug-likeness (QED) is 0.277. The lowest BCUT2D eigenvalue weighted by atomic mass is 10.0. The summed E-state index contributed by atoms with van der Waals surface area (Å²) >= 11 is 12.3. The molecule has 4 rings (SSSR count). The van der Waals surface area contributed by atoms with Gasteiger partial charge < -0.3 is 15.0 Å². The van der Waals surface area contributed by atoms with Crippen molar-refractivity contribution >= 4 is 35.0 Å². The Balaban J connectivity index is 1.63. The highest BCUT2D eigenvalue weighted by Crippen LogP contribution is 2.27. The van der Waals surface area contributed by atoms with Crippen LogP contribution in [-0.4, -0.2) is 28.3 Å². The van der Waals surface area contributed by atoms with Gasteiger partial charge in [-0.1, -0.05) is 77.8 Å². The van der Waals surface area contributed by atoms with Gasteiger partial charge in [-0.3, -0.25) is 14.6 Å². The first-order chi connectivity index (χ1) is 18.0. The molecule has 0 fully saturated rings. The van der Waals surface area contributed by atoms with Crippen molar-refractivity contribution in [3.05, 3.63) is 130 Å². The fraction of sp³-hybridized carbons (Fsp3) is 0.138. The number of nitrogens with zero attached hydrogens (tertiary/aromatic N) is 2. The first kappa shape index (κ1) is 26.2. The van der Waals surface area contributed by atoms with Crippen molar-refractivity contribution in [3.63, 3.8) is 0 Å². The maximum Gasteiger partial charge on any atom is 0.261 e. The normalized spacial score (nSPS) is 11.4. The maximum absolute atomic E-state index is 13.6. The molecule has 0 aliphatic heterocycles. The van der Waals surface area contributed by atoms with Crippen molar-refractivity contribution in [2.75, 3.05) is 6.61 Å². The summed E-state index contributed by atoms with van der Waals surface area (Å²) in [7, 11) is 0. The highest BCUT2D eigenvalue weighted by Gasteiger charge is 2.32. The van der Waals surface area contributed by atoms with E-state index in [9.17, 15) is 9.59 Å². The molecule has 0 unspecified atom stereocenters. The van der Waals surface area contributed by atoms with Gasteiger partial charge in [0, 0.05) is 30.5 Å². The molecular formula is C29H25Cl2N3O3. The van der Waals surface area contributed by atoms with E-state index in [1.165, 1.54) is 4.90 Å². The average molecular weight is 534 g/mol. The van der Waals surface area contributed by atoms with E-state index < -0.39 is 6.04 Å². The van der Waals surface area contributed by atoms with Crippen LogP contribution in [0.2, 0.25) is 10.0 Å². The zero-order chi connectivity index (χ0) is 26.0. The molecule has 4 aromatic rings. The molecular weight excluding hydrogens is 509 g/mol. The van der Waals surface area contributed by atoms with Crippen molar-refractivity contribution in [2.45, 2.75) is 19.1 Å². The lowest BCUT2D eigenvalue weighted by molar-refractivity contribution is -0.143. The van der Waals surface area contributed by atoms with E-state index in [1.807, 2.05) is 54.6 Å². The predicted molar refractivity (Wildman–Crippen MR) is 144 cm³/mol. The number of pyridine rings is 1. The molecule has 0 spiro atoms. The van der Waals surface area contributed by atoms with Crippen molar-refractivity contribution in [1.29, 1.82) is 0 Å². The van der Waals surface area contributed by atoms with E-state index in [0.717, 1.165) is 11.1 Å². The summed E-state index contributed by atoms with van der Waals surface area (Å²) in [6.45, 7) is 0.173. The second-order valence-corrected chi connectivity index (χ2v) is 9.10. The van der Waals surface area contributed by atoms with E-state index in [0.29, 0.717) is 27.9 Å². The Kier molecular flexibility index (Phi) is 9.13. The third kappa shape index (κ3) is 7.32. The van der Waals surface area contributed by atoms with Crippen molar-refractivity contribution < 1.29 is 14.3 Å². The number of ether oxygens (including phenoxy) is 1. The van der Waals surface area contributed by atoms with Crippen LogP contribution in [0.4, 0.5) is 0 Å². The van der Waals surface area contributed by atoms with Gasteiger partial charge in [0.15, 0.2) is 6.61 Å². The molecule has 2 amide bonds. The van der Waals surface area contributed by atoms with Gasteiger partial charge in [0.05, 0.1) is 5.02 Å². The molecule has 37 heavy (non-hydrogen) atoms. The molecule has 0 aliphatic rings. The van der Waals surface area contributed by atoms with Crippen LogP contribution in [0, 0.1) is 0 Å². The number of nitrogens with one attached hydrogen (secondary N) is 1. The molecule has 1 heterocycles. The van der Waals surface area contributed by atoms with E-state index >= 15 is 0 Å². The fourth-order valence-corrected chi connectivity index (χ4v) is 4.11. The van der Waals surface area contributed by atoms with E-state index in [4.69, 9.17) is 27.9 Å². The summed E-state index contributed by atoms with van der Waals surface area (Å²) in [6, 6.07) is 26.0. The van der Waals surface area contributed by atoms with Crippen LogP contribution in [0.3, 0.4) is 0 Å². The fourth-order valence-electron chi connectivity index (χ4n) is 3.79. The van der Waals surface area contributed by atoms with Gasteiger partial charge in [0.25, 0.3) is 5.91 Å². The lowest BCUT2D eigenvalue weighted by Gasteiger charge is -2.31. The van der Waals surface area contributed by atoms with E-state index in [-0.39, 0.29) is 25.0 Å². The standard InChI is InChI=1S/C29H25Cl2N3O3/c30-24-12-10-22(11-13-24)19-34(27(35)20-37-26-9-5-4-8-25(26)31)28(23-6-2-1-3-7-23)29(36)33-18-21-14-16-32-17-15-21/h1-17,28H,18-20H2,(H,33,36)/t28-/m0/s1. The number of hydrogen-bond donors (Lipinski definition) is 1. The van der Waals surface area contributed by atoms with Gasteiger partial charge in [-0.15, -0.1) is 0 Å². The molecule has 0 aliphatic carbocycles. The van der Waals surface area contributed by atoms with Crippen LogP contribution in [-0.2, 0) is 22.7 Å². The summed E-state index contributed by atoms with van der Waals surface area (Å²) in [5.41, 5.74) is 2.39. The van der Waals surface area contributed by atoms with Gasteiger partial charge in [0.2, 0.25) is 5.91 Å². The summed E-state index contributed by atoms with van der Waals surface area (Å²) in [5.74, 6) is -0.298. The van der Waals surface area contributed by atoms with Crippen molar-refractivity contribution in [1.82, 2.24) is 15.2 Å². The zero-order valence-corrected chi connectivity index (χ0v) is 21.4. The Hall–Kier alpha value is -3.87. The number of hydrogen-bond acceptors (Lipinski definition) is 4. The Morgan fingerprint density at radius 1 is 0.838 bits per heavy atom. The number of aromatic nitrogens is 1. The van der Waals surface area contributed by atoms with Gasteiger partial charge in [-0.05, 0) is 53.1 Å². The highest BCUT2D eigenvalue weighted by atomic mass is 35.5. The van der Waals surface area contributed by atoms with Crippen LogP contribution >= 0.6 is 23.2 Å². The Labute approximate surface area is 225 Å². The molecule has 1 N–H and O–H groups in total. The SMILES string of the molecule is O=C(NCc1ccncc1)[C@H](c1ccccc1)N(Cc1ccc(Cl)cc1)C(=O)COc1ccccc1Cl. The summed E-state index contributed by atoms with van der Waals surface area (Å²) < 4.78 is 5.75. The predicted octanol–water partition coefficient (Wildman–Crippen LogP) is 5.85. The number of carbonyl (C=O) groups excluding carboxylic acids is 2. The lowest BCUT2D eigenvalue weighted by Crippen LogP contribution is -2.45. The second kappa shape index (κ2) is 12.9. The smallest absolute Gasteiger partial charge is 0.261 e. The first-order valence-corrected chi connectivity index (χ1v) is 12.4. The third-order valence-electron chi connectivity index (χ3n) is 5.67. The maximum atomic E-state index is 13.6. The summed E-state index contributed by atoms with van der Waals surface area (Å²) in [4.78, 5) is 32.8.